The zero-order valence-electron chi connectivity index (χ0n) is 15.0. The summed E-state index contributed by atoms with van der Waals surface area (Å²) in [5.74, 6) is 0.503. The van der Waals surface area contributed by atoms with Crippen LogP contribution in [0.1, 0.15) is 5.56 Å². The van der Waals surface area contributed by atoms with Crippen LogP contribution in [0.15, 0.2) is 71.4 Å². The second-order valence-electron chi connectivity index (χ2n) is 6.69. The van der Waals surface area contributed by atoms with Crippen molar-refractivity contribution >= 4 is 22.1 Å². The minimum absolute atomic E-state index is 0.323. The first kappa shape index (κ1) is 15.8. The number of benzene rings is 2. The van der Waals surface area contributed by atoms with Gasteiger partial charge < -0.3 is 4.42 Å². The van der Waals surface area contributed by atoms with E-state index in [1.807, 2.05) is 43.7 Å². The average molecular weight is 358 g/mol. The van der Waals surface area contributed by atoms with E-state index in [9.17, 15) is 4.39 Å². The van der Waals surface area contributed by atoms with Crippen LogP contribution >= 0.6 is 0 Å². The summed E-state index contributed by atoms with van der Waals surface area (Å²) in [5.41, 5.74) is 4.27. The van der Waals surface area contributed by atoms with Crippen molar-refractivity contribution in [3.8, 4) is 17.1 Å². The van der Waals surface area contributed by atoms with Crippen LogP contribution in [0, 0.1) is 12.9 Å². The number of imidazole rings is 1. The third kappa shape index (κ3) is 2.43. The van der Waals surface area contributed by atoms with Gasteiger partial charge in [0, 0.05) is 10.8 Å². The first-order chi connectivity index (χ1) is 13.1. The summed E-state index contributed by atoms with van der Waals surface area (Å²) in [5, 5.41) is 1.77. The SMILES string of the molecule is Cc1cc2c(cc1-c1n(-c3ccccc3)cc[n+]1C)oc1nc(F)ccc12. The van der Waals surface area contributed by atoms with Crippen LogP contribution in [0.25, 0.3) is 39.1 Å². The van der Waals surface area contributed by atoms with Gasteiger partial charge in [-0.3, -0.25) is 0 Å². The number of hydrogen-bond acceptors (Lipinski definition) is 2. The molecule has 132 valence electrons. The fourth-order valence-corrected chi connectivity index (χ4v) is 3.62. The molecule has 0 saturated heterocycles. The Morgan fingerprint density at radius 2 is 1.85 bits per heavy atom. The molecule has 0 saturated carbocycles. The Labute approximate surface area is 155 Å². The van der Waals surface area contributed by atoms with Gasteiger partial charge >= 0.3 is 0 Å². The number of pyridine rings is 1. The Morgan fingerprint density at radius 3 is 2.67 bits per heavy atom. The van der Waals surface area contributed by atoms with Crippen molar-refractivity contribution in [1.29, 1.82) is 0 Å². The van der Waals surface area contributed by atoms with E-state index in [0.29, 0.717) is 11.3 Å². The Balaban J connectivity index is 1.78. The molecule has 0 aliphatic carbocycles. The Kier molecular flexibility index (Phi) is 3.37. The number of para-hydroxylation sites is 1. The van der Waals surface area contributed by atoms with Crippen LogP contribution in [-0.4, -0.2) is 9.55 Å². The summed E-state index contributed by atoms with van der Waals surface area (Å²) in [7, 11) is 2.02. The molecule has 27 heavy (non-hydrogen) atoms. The van der Waals surface area contributed by atoms with Crippen LogP contribution in [0.3, 0.4) is 0 Å². The highest BCUT2D eigenvalue weighted by atomic mass is 19.1. The number of halogens is 1. The highest BCUT2D eigenvalue weighted by Gasteiger charge is 2.22. The molecule has 0 N–H and O–H groups in total. The van der Waals surface area contributed by atoms with E-state index in [4.69, 9.17) is 4.42 Å². The van der Waals surface area contributed by atoms with Crippen LogP contribution in [0.2, 0.25) is 0 Å². The van der Waals surface area contributed by atoms with Gasteiger partial charge in [-0.25, -0.2) is 4.57 Å². The second-order valence-corrected chi connectivity index (χ2v) is 6.69. The standard InChI is InChI=1S/C22H17FN3O/c1-14-12-18-16-8-9-20(23)24-21(16)27-19(18)13-17(14)22-25(2)10-11-26(22)15-6-4-3-5-7-15/h3-13H,1-2H3/q+1. The van der Waals surface area contributed by atoms with E-state index < -0.39 is 5.95 Å². The molecular formula is C22H17FN3O+. The highest BCUT2D eigenvalue weighted by Crippen LogP contribution is 2.33. The molecule has 0 aliphatic heterocycles. The van der Waals surface area contributed by atoms with Crippen molar-refractivity contribution in [2.75, 3.05) is 0 Å². The third-order valence-corrected chi connectivity index (χ3v) is 4.93. The van der Waals surface area contributed by atoms with Crippen molar-refractivity contribution in [2.24, 2.45) is 7.05 Å². The van der Waals surface area contributed by atoms with E-state index in [-0.39, 0.29) is 0 Å². The second kappa shape index (κ2) is 5.77. The summed E-state index contributed by atoms with van der Waals surface area (Å²) in [6.45, 7) is 2.08. The fourth-order valence-electron chi connectivity index (χ4n) is 3.62. The van der Waals surface area contributed by atoms with Crippen molar-refractivity contribution < 1.29 is 13.4 Å². The summed E-state index contributed by atoms with van der Waals surface area (Å²) in [6, 6.07) is 17.4. The van der Waals surface area contributed by atoms with Gasteiger partial charge in [-0.05, 0) is 48.9 Å². The normalized spacial score (nSPS) is 11.5. The van der Waals surface area contributed by atoms with E-state index in [1.54, 1.807) is 6.07 Å². The molecule has 5 aromatic rings. The highest BCUT2D eigenvalue weighted by molar-refractivity contribution is 6.05. The molecule has 0 unspecified atom stereocenters. The van der Waals surface area contributed by atoms with E-state index >= 15 is 0 Å². The molecule has 4 nitrogen and oxygen atoms in total. The summed E-state index contributed by atoms with van der Waals surface area (Å²) in [4.78, 5) is 3.87. The molecule has 0 aliphatic rings. The Morgan fingerprint density at radius 1 is 1.04 bits per heavy atom. The van der Waals surface area contributed by atoms with Crippen molar-refractivity contribution in [2.45, 2.75) is 6.92 Å². The van der Waals surface area contributed by atoms with Gasteiger partial charge in [0.1, 0.15) is 23.7 Å². The van der Waals surface area contributed by atoms with Crippen LogP contribution in [0.5, 0.6) is 0 Å². The average Bonchev–Trinajstić information content (AvgIpc) is 3.21. The van der Waals surface area contributed by atoms with Gasteiger partial charge in [-0.15, -0.1) is 0 Å². The third-order valence-electron chi connectivity index (χ3n) is 4.93. The van der Waals surface area contributed by atoms with Gasteiger partial charge in [-0.1, -0.05) is 18.2 Å². The monoisotopic (exact) mass is 358 g/mol. The number of hydrogen-bond donors (Lipinski definition) is 0. The van der Waals surface area contributed by atoms with Crippen molar-refractivity contribution in [3.63, 3.8) is 0 Å². The fraction of sp³-hybridized carbons (Fsp3) is 0.0909. The van der Waals surface area contributed by atoms with Gasteiger partial charge in [-0.2, -0.15) is 13.9 Å². The van der Waals surface area contributed by atoms with E-state index in [0.717, 1.165) is 33.4 Å². The predicted molar refractivity (Wildman–Crippen MR) is 102 cm³/mol. The minimum Gasteiger partial charge on any atom is -0.438 e. The molecule has 2 aromatic carbocycles. The number of nitrogens with zero attached hydrogens (tertiary/aromatic N) is 3. The molecule has 0 atom stereocenters. The lowest BCUT2D eigenvalue weighted by Crippen LogP contribution is -2.29. The van der Waals surface area contributed by atoms with Crippen LogP contribution in [-0.2, 0) is 7.05 Å². The maximum atomic E-state index is 13.5. The van der Waals surface area contributed by atoms with Gasteiger partial charge in [0.25, 0.3) is 5.82 Å². The molecule has 0 bridgehead atoms. The summed E-state index contributed by atoms with van der Waals surface area (Å²) in [6.07, 6.45) is 4.07. The van der Waals surface area contributed by atoms with E-state index in [2.05, 4.69) is 39.2 Å². The number of fused-ring (bicyclic) bond motifs is 3. The largest absolute Gasteiger partial charge is 0.438 e. The molecule has 0 amide bonds. The smallest absolute Gasteiger partial charge is 0.294 e. The maximum absolute atomic E-state index is 13.5. The maximum Gasteiger partial charge on any atom is 0.294 e. The lowest BCUT2D eigenvalue weighted by Gasteiger charge is -2.06. The van der Waals surface area contributed by atoms with Crippen LogP contribution < -0.4 is 4.57 Å². The molecule has 3 heterocycles. The van der Waals surface area contributed by atoms with Crippen molar-refractivity contribution in [3.05, 3.63) is 78.5 Å². The molecular weight excluding hydrogens is 341 g/mol. The number of furan rings is 1. The predicted octanol–water partition coefficient (Wildman–Crippen LogP) is 4.71. The summed E-state index contributed by atoms with van der Waals surface area (Å²) < 4.78 is 23.5. The first-order valence-corrected chi connectivity index (χ1v) is 8.74. The van der Waals surface area contributed by atoms with Crippen molar-refractivity contribution in [1.82, 2.24) is 9.55 Å². The lowest BCUT2D eigenvalue weighted by molar-refractivity contribution is -0.659. The number of aromatic nitrogens is 3. The topological polar surface area (TPSA) is 34.8 Å². The first-order valence-electron chi connectivity index (χ1n) is 8.74. The lowest BCUT2D eigenvalue weighted by atomic mass is 10.0. The molecule has 5 rings (SSSR count). The molecule has 0 spiro atoms. The molecule has 3 aromatic heterocycles. The van der Waals surface area contributed by atoms with Gasteiger partial charge in [0.15, 0.2) is 0 Å². The summed E-state index contributed by atoms with van der Waals surface area (Å²) >= 11 is 0. The van der Waals surface area contributed by atoms with E-state index in [1.165, 1.54) is 6.07 Å². The minimum atomic E-state index is -0.539. The number of rotatable bonds is 2. The van der Waals surface area contributed by atoms with Crippen LogP contribution in [0.4, 0.5) is 4.39 Å². The zero-order valence-corrected chi connectivity index (χ0v) is 15.0. The molecule has 0 radical (unpaired) electrons. The number of aryl methyl sites for hydroxylation is 2. The van der Waals surface area contributed by atoms with Gasteiger partial charge in [0.2, 0.25) is 11.7 Å². The molecule has 0 fully saturated rings. The molecule has 5 heteroatoms. The quantitative estimate of drug-likeness (QED) is 0.338. The van der Waals surface area contributed by atoms with Gasteiger partial charge in [0.05, 0.1) is 12.6 Å². The zero-order chi connectivity index (χ0) is 18.5. The Bertz CT molecular complexity index is 1300. The Hall–Kier alpha value is -3.47.